The lowest BCUT2D eigenvalue weighted by Crippen LogP contribution is -2.16. The van der Waals surface area contributed by atoms with Gasteiger partial charge in [-0.25, -0.2) is 0 Å². The Balaban J connectivity index is 2.41. The van der Waals surface area contributed by atoms with E-state index in [-0.39, 0.29) is 6.04 Å². The highest BCUT2D eigenvalue weighted by Crippen LogP contribution is 2.25. The van der Waals surface area contributed by atoms with Gasteiger partial charge in [-0.15, -0.1) is 0 Å². The van der Waals surface area contributed by atoms with Crippen LogP contribution in [0.4, 0.5) is 0 Å². The molecule has 2 nitrogen and oxygen atoms in total. The van der Waals surface area contributed by atoms with E-state index >= 15 is 0 Å². The lowest BCUT2D eigenvalue weighted by molar-refractivity contribution is 0.494. The number of benzene rings is 1. The molecule has 0 aliphatic carbocycles. The zero-order chi connectivity index (χ0) is 11.7. The van der Waals surface area contributed by atoms with Crippen LogP contribution in [0, 0.1) is 5.92 Å². The summed E-state index contributed by atoms with van der Waals surface area (Å²) in [5.74, 6) is 0.632. The second-order valence-corrected chi connectivity index (χ2v) is 4.92. The number of aryl methyl sites for hydroxylation is 1. The third-order valence-electron chi connectivity index (χ3n) is 3.09. The number of nitrogens with zero attached hydrogens (tertiary/aromatic N) is 1. The summed E-state index contributed by atoms with van der Waals surface area (Å²) in [5, 5.41) is 1.28. The predicted octanol–water partition coefficient (Wildman–Crippen LogP) is 3.22. The molecule has 0 amide bonds. The average molecular weight is 216 g/mol. The Morgan fingerprint density at radius 3 is 2.56 bits per heavy atom. The highest BCUT2D eigenvalue weighted by atomic mass is 15.0. The molecule has 0 fully saturated rings. The summed E-state index contributed by atoms with van der Waals surface area (Å²) in [7, 11) is 2.10. The van der Waals surface area contributed by atoms with Crippen LogP contribution in [0.1, 0.15) is 32.0 Å². The molecule has 0 bridgehead atoms. The van der Waals surface area contributed by atoms with E-state index in [1.54, 1.807) is 0 Å². The van der Waals surface area contributed by atoms with Crippen molar-refractivity contribution in [2.75, 3.05) is 0 Å². The molecular formula is C14H20N2. The van der Waals surface area contributed by atoms with Crippen LogP contribution in [-0.4, -0.2) is 4.57 Å². The number of hydrogen-bond acceptors (Lipinski definition) is 1. The van der Waals surface area contributed by atoms with Crippen LogP contribution in [0.5, 0.6) is 0 Å². The van der Waals surface area contributed by atoms with Crippen LogP contribution in [0.25, 0.3) is 10.9 Å². The molecule has 16 heavy (non-hydrogen) atoms. The minimum Gasteiger partial charge on any atom is -0.346 e. The van der Waals surface area contributed by atoms with Crippen LogP contribution in [-0.2, 0) is 7.05 Å². The number of para-hydroxylation sites is 1. The molecule has 0 radical (unpaired) electrons. The zero-order valence-electron chi connectivity index (χ0n) is 10.3. The first-order valence-corrected chi connectivity index (χ1v) is 5.89. The van der Waals surface area contributed by atoms with E-state index < -0.39 is 0 Å². The number of aromatic nitrogens is 1. The van der Waals surface area contributed by atoms with Crippen molar-refractivity contribution >= 4 is 10.9 Å². The third kappa shape index (κ3) is 1.98. The molecule has 0 unspecified atom stereocenters. The van der Waals surface area contributed by atoms with Crippen molar-refractivity contribution in [1.29, 1.82) is 0 Å². The lowest BCUT2D eigenvalue weighted by Gasteiger charge is -2.15. The summed E-state index contributed by atoms with van der Waals surface area (Å²) >= 11 is 0. The average Bonchev–Trinajstić information content (AvgIpc) is 2.56. The third-order valence-corrected chi connectivity index (χ3v) is 3.09. The molecule has 2 heteroatoms. The fourth-order valence-corrected chi connectivity index (χ4v) is 2.29. The Kier molecular flexibility index (Phi) is 3.01. The van der Waals surface area contributed by atoms with E-state index in [0.29, 0.717) is 5.92 Å². The standard InChI is InChI=1S/C14H20N2/c1-10(2)8-12(15)14-9-11-6-4-5-7-13(11)16(14)3/h4-7,9-10,12H,8,15H2,1-3H3/t12-/m0/s1. The monoisotopic (exact) mass is 216 g/mol. The van der Waals surface area contributed by atoms with Gasteiger partial charge in [-0.3, -0.25) is 0 Å². The molecule has 0 aliphatic heterocycles. The Hall–Kier alpha value is -1.28. The van der Waals surface area contributed by atoms with Gasteiger partial charge in [-0.05, 0) is 29.9 Å². The molecule has 86 valence electrons. The minimum atomic E-state index is 0.136. The fraction of sp³-hybridized carbons (Fsp3) is 0.429. The van der Waals surface area contributed by atoms with Gasteiger partial charge in [0.05, 0.1) is 0 Å². The van der Waals surface area contributed by atoms with Gasteiger partial charge in [0.1, 0.15) is 0 Å². The van der Waals surface area contributed by atoms with E-state index in [1.165, 1.54) is 16.6 Å². The Morgan fingerprint density at radius 2 is 1.94 bits per heavy atom. The molecule has 1 heterocycles. The van der Waals surface area contributed by atoms with Gasteiger partial charge in [-0.1, -0.05) is 32.0 Å². The molecule has 0 saturated heterocycles. The van der Waals surface area contributed by atoms with Crippen molar-refractivity contribution in [3.8, 4) is 0 Å². The van der Waals surface area contributed by atoms with Crippen molar-refractivity contribution in [2.24, 2.45) is 18.7 Å². The molecule has 1 aromatic heterocycles. The molecule has 2 rings (SSSR count). The van der Waals surface area contributed by atoms with Gasteiger partial charge < -0.3 is 10.3 Å². The van der Waals surface area contributed by atoms with E-state index in [1.807, 2.05) is 0 Å². The second-order valence-electron chi connectivity index (χ2n) is 4.92. The zero-order valence-corrected chi connectivity index (χ0v) is 10.3. The molecular weight excluding hydrogens is 196 g/mol. The van der Waals surface area contributed by atoms with Gasteiger partial charge >= 0.3 is 0 Å². The Morgan fingerprint density at radius 1 is 1.25 bits per heavy atom. The fourth-order valence-electron chi connectivity index (χ4n) is 2.29. The van der Waals surface area contributed by atoms with E-state index in [2.05, 4.69) is 55.8 Å². The van der Waals surface area contributed by atoms with Crippen molar-refractivity contribution in [3.05, 3.63) is 36.0 Å². The smallest absolute Gasteiger partial charge is 0.0480 e. The number of nitrogens with two attached hydrogens (primary N) is 1. The molecule has 0 aliphatic rings. The number of hydrogen-bond donors (Lipinski definition) is 1. The van der Waals surface area contributed by atoms with Crippen molar-refractivity contribution in [1.82, 2.24) is 4.57 Å². The largest absolute Gasteiger partial charge is 0.346 e. The summed E-state index contributed by atoms with van der Waals surface area (Å²) in [6.45, 7) is 4.42. The maximum atomic E-state index is 6.24. The molecule has 2 aromatic rings. The summed E-state index contributed by atoms with van der Waals surface area (Å²) < 4.78 is 2.21. The highest BCUT2D eigenvalue weighted by molar-refractivity contribution is 5.81. The minimum absolute atomic E-state index is 0.136. The summed E-state index contributed by atoms with van der Waals surface area (Å²) in [6, 6.07) is 10.8. The summed E-state index contributed by atoms with van der Waals surface area (Å²) in [4.78, 5) is 0. The van der Waals surface area contributed by atoms with Gasteiger partial charge in [0, 0.05) is 24.3 Å². The van der Waals surface area contributed by atoms with Gasteiger partial charge in [0.15, 0.2) is 0 Å². The van der Waals surface area contributed by atoms with Crippen molar-refractivity contribution < 1.29 is 0 Å². The van der Waals surface area contributed by atoms with Gasteiger partial charge in [0.25, 0.3) is 0 Å². The van der Waals surface area contributed by atoms with Gasteiger partial charge in [-0.2, -0.15) is 0 Å². The number of fused-ring (bicyclic) bond motifs is 1. The topological polar surface area (TPSA) is 30.9 Å². The second kappa shape index (κ2) is 4.30. The molecule has 0 spiro atoms. The van der Waals surface area contributed by atoms with Crippen LogP contribution in [0.15, 0.2) is 30.3 Å². The van der Waals surface area contributed by atoms with E-state index in [9.17, 15) is 0 Å². The van der Waals surface area contributed by atoms with E-state index in [4.69, 9.17) is 5.73 Å². The first kappa shape index (κ1) is 11.2. The van der Waals surface area contributed by atoms with Crippen molar-refractivity contribution in [2.45, 2.75) is 26.3 Å². The molecule has 1 atom stereocenters. The molecule has 1 aromatic carbocycles. The number of rotatable bonds is 3. The Bertz CT molecular complexity index is 482. The molecule has 0 saturated carbocycles. The first-order valence-electron chi connectivity index (χ1n) is 5.89. The maximum absolute atomic E-state index is 6.24. The maximum Gasteiger partial charge on any atom is 0.0480 e. The van der Waals surface area contributed by atoms with Crippen LogP contribution < -0.4 is 5.73 Å². The SMILES string of the molecule is CC(C)C[C@H](N)c1cc2ccccc2n1C. The van der Waals surface area contributed by atoms with Crippen LogP contribution in [0.3, 0.4) is 0 Å². The highest BCUT2D eigenvalue weighted by Gasteiger charge is 2.13. The normalized spacial score (nSPS) is 13.6. The quantitative estimate of drug-likeness (QED) is 0.839. The Labute approximate surface area is 97.1 Å². The summed E-state index contributed by atoms with van der Waals surface area (Å²) in [5.41, 5.74) is 8.73. The van der Waals surface area contributed by atoms with E-state index in [0.717, 1.165) is 6.42 Å². The van der Waals surface area contributed by atoms with Crippen molar-refractivity contribution in [3.63, 3.8) is 0 Å². The van der Waals surface area contributed by atoms with Crippen LogP contribution >= 0.6 is 0 Å². The molecule has 2 N–H and O–H groups in total. The van der Waals surface area contributed by atoms with Crippen LogP contribution in [0.2, 0.25) is 0 Å². The lowest BCUT2D eigenvalue weighted by atomic mass is 10.0. The first-order chi connectivity index (χ1) is 7.59. The predicted molar refractivity (Wildman–Crippen MR) is 69.3 cm³/mol. The van der Waals surface area contributed by atoms with Gasteiger partial charge in [0.2, 0.25) is 0 Å². The summed E-state index contributed by atoms with van der Waals surface area (Å²) in [6.07, 6.45) is 1.03.